The number of amides is 2. The number of rotatable bonds is 10. The molecule has 1 aliphatic heterocycles. The molecule has 15 nitrogen and oxygen atoms in total. The molecule has 1 saturated heterocycles. The topological polar surface area (TPSA) is 206 Å². The summed E-state index contributed by atoms with van der Waals surface area (Å²) in [6.45, 7) is 5.25. The van der Waals surface area contributed by atoms with Gasteiger partial charge in [-0.3, -0.25) is 14.9 Å². The highest BCUT2D eigenvalue weighted by atomic mass is 32.2. The van der Waals surface area contributed by atoms with Crippen molar-refractivity contribution in [3.05, 3.63) is 81.9 Å². The van der Waals surface area contributed by atoms with Gasteiger partial charge in [0.2, 0.25) is 5.91 Å². The highest BCUT2D eigenvalue weighted by Gasteiger charge is 2.39. The molecule has 4 aromatic rings. The van der Waals surface area contributed by atoms with Crippen molar-refractivity contribution in [2.75, 3.05) is 38.5 Å². The van der Waals surface area contributed by atoms with Gasteiger partial charge >= 0.3 is 18.2 Å². The Kier molecular flexibility index (Phi) is 13.0. The molecule has 55 heavy (non-hydrogen) atoms. The van der Waals surface area contributed by atoms with Crippen molar-refractivity contribution in [2.45, 2.75) is 62.0 Å². The van der Waals surface area contributed by atoms with Crippen LogP contribution in [0.4, 0.5) is 29.3 Å². The predicted octanol–water partition coefficient (Wildman–Crippen LogP) is 5.76. The van der Waals surface area contributed by atoms with Crippen molar-refractivity contribution < 1.29 is 55.3 Å². The minimum absolute atomic E-state index is 0.0878. The first-order valence-corrected chi connectivity index (χ1v) is 18.2. The summed E-state index contributed by atoms with van der Waals surface area (Å²) in [4.78, 5) is 57.3. The van der Waals surface area contributed by atoms with Crippen LogP contribution in [0.25, 0.3) is 10.9 Å². The Hall–Kier alpha value is -5.85. The Morgan fingerprint density at radius 3 is 2.24 bits per heavy atom. The molecule has 2 atom stereocenters. The SMILES string of the molecule is COC(=O)Nc1ccc(S(=O)(=O)C(C)C)c([C@H]2CCCN2C(=O)[C@H](Nc2ccc3nc(C)[nH]c(=O)c3c2)c2ccc(OC)c(OC)c2)c1.O=C(O)C(F)(F)F. The van der Waals surface area contributed by atoms with E-state index in [1.807, 2.05) is 0 Å². The van der Waals surface area contributed by atoms with E-state index in [0.29, 0.717) is 70.1 Å². The lowest BCUT2D eigenvalue weighted by molar-refractivity contribution is -0.192. The van der Waals surface area contributed by atoms with Gasteiger partial charge in [-0.2, -0.15) is 13.2 Å². The highest BCUT2D eigenvalue weighted by Crippen LogP contribution is 2.41. The van der Waals surface area contributed by atoms with Crippen molar-refractivity contribution in [3.63, 3.8) is 0 Å². The quantitative estimate of drug-likeness (QED) is 0.151. The molecule has 2 heterocycles. The van der Waals surface area contributed by atoms with E-state index in [4.69, 9.17) is 24.1 Å². The third-order valence-electron chi connectivity index (χ3n) is 8.63. The lowest BCUT2D eigenvalue weighted by Gasteiger charge is -2.32. The zero-order chi connectivity index (χ0) is 40.8. The predicted molar refractivity (Wildman–Crippen MR) is 195 cm³/mol. The highest BCUT2D eigenvalue weighted by molar-refractivity contribution is 7.92. The van der Waals surface area contributed by atoms with Crippen LogP contribution in [0.1, 0.15) is 55.7 Å². The number of carboxylic acids is 1. The number of H-pyrrole nitrogens is 1. The van der Waals surface area contributed by atoms with Crippen LogP contribution in [0.15, 0.2) is 64.3 Å². The van der Waals surface area contributed by atoms with Gasteiger partial charge in [0.05, 0.1) is 48.4 Å². The number of nitrogens with one attached hydrogen (secondary N) is 3. The smallest absolute Gasteiger partial charge is 0.490 e. The molecule has 5 rings (SSSR count). The number of hydrogen-bond donors (Lipinski definition) is 4. The first kappa shape index (κ1) is 41.9. The molecule has 2 amide bonds. The number of alkyl halides is 3. The number of aromatic amines is 1. The third kappa shape index (κ3) is 9.64. The van der Waals surface area contributed by atoms with Crippen LogP contribution in [0.3, 0.4) is 0 Å². The normalized spacial score (nSPS) is 14.8. The largest absolute Gasteiger partial charge is 0.493 e. The second-order valence-electron chi connectivity index (χ2n) is 12.5. The summed E-state index contributed by atoms with van der Waals surface area (Å²) in [5, 5.41) is 12.7. The zero-order valence-corrected chi connectivity index (χ0v) is 31.4. The number of fused-ring (bicyclic) bond motifs is 1. The number of halogens is 3. The van der Waals surface area contributed by atoms with Crippen molar-refractivity contribution in [3.8, 4) is 11.5 Å². The van der Waals surface area contributed by atoms with E-state index in [1.165, 1.54) is 33.5 Å². The first-order valence-electron chi connectivity index (χ1n) is 16.6. The number of benzene rings is 3. The number of carboxylic acid groups (broad SMARTS) is 1. The fourth-order valence-electron chi connectivity index (χ4n) is 5.92. The molecular weight excluding hydrogens is 751 g/mol. The van der Waals surface area contributed by atoms with Gasteiger partial charge in [0.1, 0.15) is 11.9 Å². The number of nitrogens with zero attached hydrogens (tertiary/aromatic N) is 2. The van der Waals surface area contributed by atoms with Gasteiger partial charge in [0.25, 0.3) is 5.56 Å². The minimum Gasteiger partial charge on any atom is -0.493 e. The number of aliphatic carboxylic acids is 1. The van der Waals surface area contributed by atoms with E-state index >= 15 is 0 Å². The van der Waals surface area contributed by atoms with Gasteiger partial charge in [0, 0.05) is 17.9 Å². The molecule has 3 aromatic carbocycles. The Labute approximate surface area is 313 Å². The van der Waals surface area contributed by atoms with Crippen molar-refractivity contribution in [1.82, 2.24) is 14.9 Å². The van der Waals surface area contributed by atoms with E-state index < -0.39 is 45.4 Å². The monoisotopic (exact) mass is 791 g/mol. The van der Waals surface area contributed by atoms with Crippen LogP contribution in [0.5, 0.6) is 11.5 Å². The number of likely N-dealkylation sites (tertiary alicyclic amines) is 1. The molecule has 296 valence electrons. The molecule has 0 radical (unpaired) electrons. The summed E-state index contributed by atoms with van der Waals surface area (Å²) < 4.78 is 74.6. The lowest BCUT2D eigenvalue weighted by atomic mass is 10.0. The van der Waals surface area contributed by atoms with Crippen molar-refractivity contribution in [2.24, 2.45) is 0 Å². The summed E-state index contributed by atoms with van der Waals surface area (Å²) >= 11 is 0. The maximum atomic E-state index is 14.7. The number of anilines is 2. The van der Waals surface area contributed by atoms with Crippen LogP contribution < -0.4 is 25.7 Å². The number of aryl methyl sites for hydroxylation is 1. The number of carbonyl (C=O) groups excluding carboxylic acids is 2. The first-order chi connectivity index (χ1) is 25.8. The molecule has 1 aliphatic rings. The van der Waals surface area contributed by atoms with Crippen molar-refractivity contribution in [1.29, 1.82) is 0 Å². The van der Waals surface area contributed by atoms with Crippen LogP contribution in [0.2, 0.25) is 0 Å². The van der Waals surface area contributed by atoms with Gasteiger partial charge in [-0.25, -0.2) is 23.0 Å². The van der Waals surface area contributed by atoms with Crippen LogP contribution in [-0.2, 0) is 24.2 Å². The van der Waals surface area contributed by atoms with Crippen LogP contribution >= 0.6 is 0 Å². The maximum absolute atomic E-state index is 14.7. The number of carbonyl (C=O) groups is 3. The Morgan fingerprint density at radius 1 is 0.982 bits per heavy atom. The van der Waals surface area contributed by atoms with E-state index in [0.717, 1.165) is 0 Å². The van der Waals surface area contributed by atoms with E-state index in [1.54, 1.807) is 68.1 Å². The molecular formula is C36H40F3N5O10S. The Balaban J connectivity index is 0.000000876. The molecule has 0 saturated carbocycles. The molecule has 1 aromatic heterocycles. The number of sulfone groups is 1. The van der Waals surface area contributed by atoms with Crippen LogP contribution in [-0.4, -0.2) is 85.7 Å². The van der Waals surface area contributed by atoms with Gasteiger partial charge in [0.15, 0.2) is 21.3 Å². The number of hydrogen-bond acceptors (Lipinski definition) is 11. The average molecular weight is 792 g/mol. The van der Waals surface area contributed by atoms with Crippen LogP contribution in [0, 0.1) is 6.92 Å². The van der Waals surface area contributed by atoms with Gasteiger partial charge in [-0.1, -0.05) is 6.07 Å². The van der Waals surface area contributed by atoms with Gasteiger partial charge in [-0.05, 0) is 93.3 Å². The van der Waals surface area contributed by atoms with E-state index in [2.05, 4.69) is 20.6 Å². The van der Waals surface area contributed by atoms with E-state index in [9.17, 15) is 36.0 Å². The summed E-state index contributed by atoms with van der Waals surface area (Å²) in [6, 6.07) is 13.2. The van der Waals surface area contributed by atoms with E-state index in [-0.39, 0.29) is 16.4 Å². The maximum Gasteiger partial charge on any atom is 0.490 e. The fraction of sp³-hybridized carbons (Fsp3) is 0.361. The molecule has 1 fully saturated rings. The fourth-order valence-corrected chi connectivity index (χ4v) is 7.21. The van der Waals surface area contributed by atoms with Gasteiger partial charge < -0.3 is 34.5 Å². The van der Waals surface area contributed by atoms with Crippen molar-refractivity contribution >= 4 is 50.1 Å². The van der Waals surface area contributed by atoms with Gasteiger partial charge in [-0.15, -0.1) is 0 Å². The summed E-state index contributed by atoms with van der Waals surface area (Å²) in [6.07, 6.45) is -4.69. The number of aromatic nitrogens is 2. The lowest BCUT2D eigenvalue weighted by Crippen LogP contribution is -2.38. The number of ether oxygens (including phenoxy) is 3. The molecule has 0 bridgehead atoms. The zero-order valence-electron chi connectivity index (χ0n) is 30.6. The summed E-state index contributed by atoms with van der Waals surface area (Å²) in [5.74, 6) is -1.72. The second-order valence-corrected chi connectivity index (χ2v) is 15.0. The second kappa shape index (κ2) is 17.1. The molecule has 0 unspecified atom stereocenters. The number of methoxy groups -OCH3 is 3. The average Bonchev–Trinajstić information content (AvgIpc) is 3.63. The molecule has 4 N–H and O–H groups in total. The summed E-state index contributed by atoms with van der Waals surface area (Å²) in [5.41, 5.74) is 1.97. The molecule has 0 aliphatic carbocycles. The molecule has 0 spiro atoms. The molecule has 19 heteroatoms. The summed E-state index contributed by atoms with van der Waals surface area (Å²) in [7, 11) is 0.469. The Bertz CT molecular complexity index is 2250. The standard InChI is InChI=1S/C34H39N5O8S.C2HF3O2/c1-19(2)48(43,44)30-14-11-23(38-34(42)47-6)18-25(30)27-8-7-15-39(27)33(41)31(21-9-13-28(45-4)29(16-21)46-5)37-22-10-12-26-24(17-22)32(40)36-20(3)35-26;3-2(4,5)1(6)7/h9-14,16-19,27,31,37H,7-8,15H2,1-6H3,(H,38,42)(H,35,36,40);(H,6,7)/t27-,31-;/m1./s1. The Morgan fingerprint density at radius 2 is 1.64 bits per heavy atom. The minimum atomic E-state index is -5.08. The third-order valence-corrected chi connectivity index (χ3v) is 10.9.